The molecule has 7 rings (SSSR count). The predicted octanol–water partition coefficient (Wildman–Crippen LogP) is 2.67. The van der Waals surface area contributed by atoms with Crippen molar-refractivity contribution in [2.24, 2.45) is 5.92 Å². The fourth-order valence-corrected chi connectivity index (χ4v) is 7.19. The van der Waals surface area contributed by atoms with Gasteiger partial charge in [0.25, 0.3) is 0 Å². The minimum atomic E-state index is -0.0138. The molecular formula is C21H25NO3. The zero-order valence-electron chi connectivity index (χ0n) is 14.8. The van der Waals surface area contributed by atoms with Gasteiger partial charge < -0.3 is 14.2 Å². The Morgan fingerprint density at radius 1 is 1.24 bits per heavy atom. The molecule has 4 heteroatoms. The first kappa shape index (κ1) is 13.9. The van der Waals surface area contributed by atoms with Crippen LogP contribution in [0.2, 0.25) is 0 Å². The number of piperidine rings is 1. The molecule has 1 aromatic rings. The lowest BCUT2D eigenvalue weighted by atomic mass is 9.51. The van der Waals surface area contributed by atoms with Crippen LogP contribution in [0.1, 0.15) is 43.2 Å². The van der Waals surface area contributed by atoms with Crippen LogP contribution in [0.3, 0.4) is 0 Å². The topological polar surface area (TPSA) is 30.9 Å². The Kier molecular flexibility index (Phi) is 2.32. The first-order valence-electron chi connectivity index (χ1n) is 10.1. The van der Waals surface area contributed by atoms with Crippen molar-refractivity contribution in [2.45, 2.75) is 67.8 Å². The summed E-state index contributed by atoms with van der Waals surface area (Å²) in [6, 6.07) is 4.96. The number of hydrogen-bond acceptors (Lipinski definition) is 4. The summed E-state index contributed by atoms with van der Waals surface area (Å²) >= 11 is 0. The van der Waals surface area contributed by atoms with Crippen LogP contribution in [0, 0.1) is 5.92 Å². The molecule has 132 valence electrons. The van der Waals surface area contributed by atoms with E-state index in [0.29, 0.717) is 6.04 Å². The van der Waals surface area contributed by atoms with Gasteiger partial charge in [0, 0.05) is 18.2 Å². The molecular weight excluding hydrogens is 314 g/mol. The molecule has 0 N–H and O–H groups in total. The summed E-state index contributed by atoms with van der Waals surface area (Å²) < 4.78 is 19.1. The summed E-state index contributed by atoms with van der Waals surface area (Å²) in [6.07, 6.45) is 7.99. The molecule has 4 aliphatic heterocycles. The van der Waals surface area contributed by atoms with E-state index in [4.69, 9.17) is 14.2 Å². The molecule has 4 bridgehead atoms. The van der Waals surface area contributed by atoms with E-state index in [0.717, 1.165) is 30.3 Å². The highest BCUT2D eigenvalue weighted by Crippen LogP contribution is 2.71. The van der Waals surface area contributed by atoms with Gasteiger partial charge in [-0.25, -0.2) is 0 Å². The summed E-state index contributed by atoms with van der Waals surface area (Å²) in [6.45, 7) is 2.48. The maximum Gasteiger partial charge on any atom is 0.166 e. The molecule has 4 fully saturated rings. The average Bonchev–Trinajstić information content (AvgIpc) is 3.11. The number of hydrogen-bond donors (Lipinski definition) is 0. The normalized spacial score (nSPS) is 45.4. The zero-order chi connectivity index (χ0) is 16.4. The van der Waals surface area contributed by atoms with Gasteiger partial charge in [-0.1, -0.05) is 6.07 Å². The lowest BCUT2D eigenvalue weighted by Crippen LogP contribution is -2.71. The molecule has 0 amide bonds. The van der Waals surface area contributed by atoms with Crippen LogP contribution in [0.4, 0.5) is 0 Å². The van der Waals surface area contributed by atoms with Gasteiger partial charge in [0.05, 0.1) is 24.2 Å². The Balaban J connectivity index is 1.46. The Labute approximate surface area is 148 Å². The fourth-order valence-electron chi connectivity index (χ4n) is 7.19. The summed E-state index contributed by atoms with van der Waals surface area (Å²) in [7, 11) is 1.76. The Bertz CT molecular complexity index is 790. The number of ether oxygens (including phenoxy) is 3. The molecule has 4 nitrogen and oxygen atoms in total. The van der Waals surface area contributed by atoms with E-state index >= 15 is 0 Å². The predicted molar refractivity (Wildman–Crippen MR) is 92.3 cm³/mol. The summed E-state index contributed by atoms with van der Waals surface area (Å²) in [5.74, 6) is 2.89. The van der Waals surface area contributed by atoms with Crippen molar-refractivity contribution in [3.63, 3.8) is 0 Å². The van der Waals surface area contributed by atoms with Crippen molar-refractivity contribution in [1.82, 2.24) is 4.90 Å². The summed E-state index contributed by atoms with van der Waals surface area (Å²) in [4.78, 5) is 2.79. The second-order valence-electron chi connectivity index (χ2n) is 9.13. The van der Waals surface area contributed by atoms with Gasteiger partial charge in [-0.3, -0.25) is 4.90 Å². The fraction of sp³-hybridized carbons (Fsp3) is 0.714. The zero-order valence-corrected chi connectivity index (χ0v) is 14.8. The summed E-state index contributed by atoms with van der Waals surface area (Å²) in [5, 5.41) is 0. The first-order chi connectivity index (χ1) is 12.3. The van der Waals surface area contributed by atoms with Gasteiger partial charge in [0.2, 0.25) is 0 Å². The van der Waals surface area contributed by atoms with Crippen LogP contribution >= 0.6 is 0 Å². The van der Waals surface area contributed by atoms with Crippen molar-refractivity contribution >= 4 is 0 Å². The van der Waals surface area contributed by atoms with Crippen LogP contribution in [-0.2, 0) is 16.6 Å². The van der Waals surface area contributed by atoms with E-state index < -0.39 is 0 Å². The van der Waals surface area contributed by atoms with E-state index in [1.54, 1.807) is 7.11 Å². The van der Waals surface area contributed by atoms with Crippen LogP contribution < -0.4 is 9.47 Å². The molecule has 6 aliphatic rings. The molecule has 1 unspecified atom stereocenters. The number of benzene rings is 1. The molecule has 1 saturated carbocycles. The number of rotatable bonds is 3. The van der Waals surface area contributed by atoms with E-state index in [1.165, 1.54) is 49.9 Å². The highest BCUT2D eigenvalue weighted by molar-refractivity contribution is 5.64. The Hall–Kier alpha value is -1.26. The molecule has 0 aromatic heterocycles. The standard InChI is InChI=1S/C21H25NO3/c1-23-14-5-4-13-10-16-21-7-6-15(25-21)19-20(21,17(13)18(14)24-19)8-9-22(16)11-12-2-3-12/h4-5,12,15-16,19H,2-3,6-11H2,1H3/t15-,16-,19+,20?,21-/m0/s1. The molecule has 2 aliphatic carbocycles. The van der Waals surface area contributed by atoms with Crippen molar-refractivity contribution < 1.29 is 14.2 Å². The van der Waals surface area contributed by atoms with E-state index in [9.17, 15) is 0 Å². The lowest BCUT2D eigenvalue weighted by molar-refractivity contribution is -0.122. The van der Waals surface area contributed by atoms with E-state index in [1.807, 2.05) is 0 Å². The molecule has 0 radical (unpaired) electrons. The highest BCUT2D eigenvalue weighted by Gasteiger charge is 2.79. The largest absolute Gasteiger partial charge is 0.493 e. The molecule has 4 heterocycles. The van der Waals surface area contributed by atoms with Crippen LogP contribution in [-0.4, -0.2) is 49.0 Å². The Morgan fingerprint density at radius 3 is 3.00 bits per heavy atom. The van der Waals surface area contributed by atoms with Crippen molar-refractivity contribution in [3.05, 3.63) is 23.3 Å². The molecule has 1 aromatic carbocycles. The molecule has 25 heavy (non-hydrogen) atoms. The van der Waals surface area contributed by atoms with Gasteiger partial charge in [-0.2, -0.15) is 0 Å². The smallest absolute Gasteiger partial charge is 0.166 e. The van der Waals surface area contributed by atoms with Crippen molar-refractivity contribution in [2.75, 3.05) is 20.2 Å². The lowest BCUT2D eigenvalue weighted by Gasteiger charge is -2.59. The van der Waals surface area contributed by atoms with Gasteiger partial charge >= 0.3 is 0 Å². The highest BCUT2D eigenvalue weighted by atomic mass is 16.6. The maximum absolute atomic E-state index is 6.83. The number of nitrogens with zero attached hydrogens (tertiary/aromatic N) is 1. The average molecular weight is 339 g/mol. The number of likely N-dealkylation sites (tertiary alicyclic amines) is 1. The molecule has 2 spiro atoms. The number of fused-ring (bicyclic) bond motifs is 2. The SMILES string of the molecule is COc1ccc2c3c1O[C@@H]1[C@@H]4CC[C@]5(O4)[C@H](C2)N(CC2CC2)CCC315. The minimum Gasteiger partial charge on any atom is -0.493 e. The third kappa shape index (κ3) is 1.36. The van der Waals surface area contributed by atoms with Gasteiger partial charge in [-0.15, -0.1) is 0 Å². The summed E-state index contributed by atoms with van der Waals surface area (Å²) in [5.41, 5.74) is 3.02. The van der Waals surface area contributed by atoms with Gasteiger partial charge in [0.1, 0.15) is 6.10 Å². The third-order valence-electron chi connectivity index (χ3n) is 8.23. The van der Waals surface area contributed by atoms with Gasteiger partial charge in [-0.05, 0) is 62.6 Å². The monoisotopic (exact) mass is 339 g/mol. The van der Waals surface area contributed by atoms with E-state index in [-0.39, 0.29) is 23.2 Å². The number of methoxy groups -OCH3 is 1. The maximum atomic E-state index is 6.83. The van der Waals surface area contributed by atoms with Crippen molar-refractivity contribution in [1.29, 1.82) is 0 Å². The van der Waals surface area contributed by atoms with Crippen LogP contribution in [0.25, 0.3) is 0 Å². The second-order valence-corrected chi connectivity index (χ2v) is 9.13. The van der Waals surface area contributed by atoms with Crippen molar-refractivity contribution in [3.8, 4) is 11.5 Å². The third-order valence-corrected chi connectivity index (χ3v) is 8.23. The minimum absolute atomic E-state index is 0.0138. The first-order valence-corrected chi connectivity index (χ1v) is 10.1. The van der Waals surface area contributed by atoms with Crippen LogP contribution in [0.15, 0.2) is 12.1 Å². The van der Waals surface area contributed by atoms with Gasteiger partial charge in [0.15, 0.2) is 11.5 Å². The molecule has 3 saturated heterocycles. The van der Waals surface area contributed by atoms with Crippen LogP contribution in [0.5, 0.6) is 11.5 Å². The van der Waals surface area contributed by atoms with E-state index in [2.05, 4.69) is 17.0 Å². The Morgan fingerprint density at radius 2 is 2.16 bits per heavy atom. The molecule has 5 atom stereocenters. The quantitative estimate of drug-likeness (QED) is 0.847. The second kappa shape index (κ2) is 4.17.